The molecule has 4 aromatic heterocycles. The summed E-state index contributed by atoms with van der Waals surface area (Å²) in [5.41, 5.74) is 6.70. The number of likely N-dealkylation sites (N-methyl/N-ethyl adjacent to an activating group) is 1. The number of fused-ring (bicyclic) bond motifs is 2. The molecule has 390 valence electrons. The zero-order chi connectivity index (χ0) is 49.4. The van der Waals surface area contributed by atoms with E-state index in [0.717, 1.165) is 112 Å². The van der Waals surface area contributed by atoms with Gasteiger partial charge in [-0.1, -0.05) is 14.9 Å². The number of amides is 4. The summed E-state index contributed by atoms with van der Waals surface area (Å²) in [7, 11) is 1.87. The number of aromatic nitrogens is 4. The Balaban J connectivity index is 0.000000192. The average molecular weight is 1050 g/mol. The standard InChI is InChI=1S/C26H28N6O4S.C24H27N7O3S.2CH4/c33-24(29-21-13-28-6-5-23(21)31-9-7-27-8-10-31)22-16-37-26(30-22)32-14-17-12-18(3-4-20(17)25(32)34)36-15-19-2-1-11-35-19;1-25-8-11-34-17-2-3-18-16(12-17)14-31(23(18)33)24-29-20(15-35-24)22(32)28-19-13-27-5-4-21(19)30-9-6-26-7-10-30;;/h3-6,12-13,16,19,27H,1-2,7-11,14-15H2,(H,29,33);2-5,12-13,15,25-26H,6-11,14H2,1H3,(H,28,32);2*1H4. The molecule has 22 heteroatoms. The molecule has 5 aliphatic heterocycles. The first-order valence-corrected chi connectivity index (χ1v) is 25.8. The van der Waals surface area contributed by atoms with Crippen molar-refractivity contribution < 1.29 is 33.4 Å². The second kappa shape index (κ2) is 24.8. The van der Waals surface area contributed by atoms with Crippen molar-refractivity contribution in [3.63, 3.8) is 0 Å². The van der Waals surface area contributed by atoms with E-state index in [1.807, 2.05) is 37.4 Å². The molecule has 9 heterocycles. The van der Waals surface area contributed by atoms with Crippen LogP contribution in [0.4, 0.5) is 33.0 Å². The van der Waals surface area contributed by atoms with E-state index in [1.165, 1.54) is 22.7 Å². The highest BCUT2D eigenvalue weighted by Crippen LogP contribution is 2.35. The summed E-state index contributed by atoms with van der Waals surface area (Å²) >= 11 is 2.55. The molecule has 1 unspecified atom stereocenters. The van der Waals surface area contributed by atoms with Crippen LogP contribution in [0.25, 0.3) is 0 Å². The van der Waals surface area contributed by atoms with Crippen LogP contribution in [0.1, 0.15) is 80.5 Å². The van der Waals surface area contributed by atoms with Crippen LogP contribution in [0.3, 0.4) is 0 Å². The van der Waals surface area contributed by atoms with Crippen LogP contribution in [0.5, 0.6) is 11.5 Å². The number of anilines is 6. The number of carbonyl (C=O) groups excluding carboxylic acids is 4. The van der Waals surface area contributed by atoms with Crippen LogP contribution in [0.2, 0.25) is 0 Å². The van der Waals surface area contributed by atoms with E-state index in [0.29, 0.717) is 59.1 Å². The summed E-state index contributed by atoms with van der Waals surface area (Å²) in [6.07, 6.45) is 8.96. The molecule has 5 N–H and O–H groups in total. The van der Waals surface area contributed by atoms with Gasteiger partial charge < -0.3 is 50.6 Å². The maximum atomic E-state index is 13.1. The molecule has 0 aliphatic carbocycles. The van der Waals surface area contributed by atoms with Crippen molar-refractivity contribution in [2.24, 2.45) is 0 Å². The van der Waals surface area contributed by atoms with Gasteiger partial charge in [-0.2, -0.15) is 0 Å². The van der Waals surface area contributed by atoms with Crippen LogP contribution >= 0.6 is 22.7 Å². The van der Waals surface area contributed by atoms with Crippen LogP contribution in [0, 0.1) is 0 Å². The molecule has 0 spiro atoms. The van der Waals surface area contributed by atoms with Gasteiger partial charge in [0.15, 0.2) is 10.3 Å². The maximum absolute atomic E-state index is 13.1. The topological polar surface area (TPSA) is 221 Å². The fraction of sp³-hybridized carbons (Fsp3) is 0.385. The monoisotopic (exact) mass is 1050 g/mol. The molecule has 74 heavy (non-hydrogen) atoms. The van der Waals surface area contributed by atoms with E-state index < -0.39 is 0 Å². The van der Waals surface area contributed by atoms with E-state index >= 15 is 0 Å². The molecule has 3 fully saturated rings. The largest absolute Gasteiger partial charge is 0.492 e. The Morgan fingerprint density at radius 1 is 0.716 bits per heavy atom. The molecule has 0 bridgehead atoms. The Bertz CT molecular complexity index is 2920. The predicted octanol–water partition coefficient (Wildman–Crippen LogP) is 6.15. The number of piperazine rings is 2. The second-order valence-corrected chi connectivity index (χ2v) is 19.2. The summed E-state index contributed by atoms with van der Waals surface area (Å²) in [5.74, 6) is 0.526. The Morgan fingerprint density at radius 2 is 1.22 bits per heavy atom. The van der Waals surface area contributed by atoms with Gasteiger partial charge in [-0.15, -0.1) is 22.7 Å². The number of hydrogen-bond acceptors (Lipinski definition) is 18. The van der Waals surface area contributed by atoms with Gasteiger partial charge in [-0.25, -0.2) is 9.97 Å². The number of carbonyl (C=O) groups is 4. The number of thiazole rings is 2. The zero-order valence-electron chi connectivity index (χ0n) is 39.7. The minimum absolute atomic E-state index is 0. The molecule has 2 aromatic carbocycles. The maximum Gasteiger partial charge on any atom is 0.275 e. The lowest BCUT2D eigenvalue weighted by molar-refractivity contribution is 0.0679. The van der Waals surface area contributed by atoms with E-state index in [4.69, 9.17) is 14.2 Å². The van der Waals surface area contributed by atoms with Crippen LogP contribution in [0.15, 0.2) is 84.1 Å². The molecule has 3 saturated heterocycles. The van der Waals surface area contributed by atoms with Crippen LogP contribution in [-0.2, 0) is 17.8 Å². The Labute approximate surface area is 438 Å². The van der Waals surface area contributed by atoms with Gasteiger partial charge in [0.2, 0.25) is 0 Å². The lowest BCUT2D eigenvalue weighted by Gasteiger charge is -2.30. The first-order chi connectivity index (χ1) is 35.3. The van der Waals surface area contributed by atoms with E-state index in [-0.39, 0.29) is 56.0 Å². The SMILES string of the molecule is C.C.CNCCOc1ccc2c(c1)CN(c1nc(C(=O)Nc3cnccc3N3CCNCC3)cs1)C2=O.O=C(Nc1cnccc1N1CCNCC1)c1csc(N2Cc3cc(OCC4CCCO4)ccc3C2=O)n1. The van der Waals surface area contributed by atoms with Gasteiger partial charge in [0, 0.05) is 99.8 Å². The van der Waals surface area contributed by atoms with Crippen molar-refractivity contribution in [1.82, 2.24) is 35.9 Å². The molecule has 20 nitrogen and oxygen atoms in total. The predicted molar refractivity (Wildman–Crippen MR) is 290 cm³/mol. The molecule has 6 aromatic rings. The molecule has 5 aliphatic rings. The Hall–Kier alpha value is -7.08. The number of benzene rings is 2. The number of rotatable bonds is 15. The number of nitrogens with zero attached hydrogens (tertiary/aromatic N) is 8. The molecule has 4 amide bonds. The number of hydrogen-bond donors (Lipinski definition) is 5. The van der Waals surface area contributed by atoms with E-state index in [2.05, 4.69) is 56.3 Å². The minimum Gasteiger partial charge on any atom is -0.492 e. The highest BCUT2D eigenvalue weighted by atomic mass is 32.1. The highest BCUT2D eigenvalue weighted by molar-refractivity contribution is 7.14. The molecule has 0 radical (unpaired) electrons. The number of pyridine rings is 2. The van der Waals surface area contributed by atoms with Crippen molar-refractivity contribution in [2.75, 3.05) is 116 Å². The summed E-state index contributed by atoms with van der Waals surface area (Å²) in [6, 6.07) is 14.8. The quantitative estimate of drug-likeness (QED) is 0.0729. The van der Waals surface area contributed by atoms with Crippen molar-refractivity contribution in [3.8, 4) is 11.5 Å². The van der Waals surface area contributed by atoms with Gasteiger partial charge in [0.1, 0.15) is 36.1 Å². The van der Waals surface area contributed by atoms with E-state index in [1.54, 1.807) is 63.5 Å². The third kappa shape index (κ3) is 12.1. The van der Waals surface area contributed by atoms with Crippen LogP contribution < -0.4 is 55.7 Å². The normalized spacial score (nSPS) is 16.9. The molecule has 0 saturated carbocycles. The summed E-state index contributed by atoms with van der Waals surface area (Å²) in [4.78, 5) is 77.1. The van der Waals surface area contributed by atoms with Crippen molar-refractivity contribution in [1.29, 1.82) is 0 Å². The molecular weight excluding hydrogens is 983 g/mol. The zero-order valence-corrected chi connectivity index (χ0v) is 41.4. The smallest absolute Gasteiger partial charge is 0.275 e. The van der Waals surface area contributed by atoms with Gasteiger partial charge in [0.05, 0.1) is 54.3 Å². The fourth-order valence-corrected chi connectivity index (χ4v) is 10.6. The first kappa shape index (κ1) is 53.2. The van der Waals surface area contributed by atoms with Gasteiger partial charge in [-0.3, -0.25) is 38.9 Å². The number of ether oxygens (including phenoxy) is 3. The van der Waals surface area contributed by atoms with Crippen molar-refractivity contribution >= 4 is 79.3 Å². The Morgan fingerprint density at radius 3 is 1.69 bits per heavy atom. The third-order valence-corrected chi connectivity index (χ3v) is 14.5. The van der Waals surface area contributed by atoms with Crippen molar-refractivity contribution in [2.45, 2.75) is 46.9 Å². The van der Waals surface area contributed by atoms with Crippen molar-refractivity contribution in [3.05, 3.63) is 118 Å². The first-order valence-electron chi connectivity index (χ1n) is 24.0. The van der Waals surface area contributed by atoms with E-state index in [9.17, 15) is 19.2 Å². The molecule has 11 rings (SSSR count). The lowest BCUT2D eigenvalue weighted by Crippen LogP contribution is -2.43. The van der Waals surface area contributed by atoms with Crippen LogP contribution in [-0.4, -0.2) is 135 Å². The third-order valence-electron chi connectivity index (χ3n) is 12.8. The Kier molecular flexibility index (Phi) is 17.8. The summed E-state index contributed by atoms with van der Waals surface area (Å²) < 4.78 is 17.2. The van der Waals surface area contributed by atoms with Gasteiger partial charge in [0.25, 0.3) is 23.6 Å². The molecular formula is C52H63N13O7S2. The lowest BCUT2D eigenvalue weighted by atomic mass is 10.1. The average Bonchev–Trinajstić information content (AvgIpc) is 4.29. The molecule has 1 atom stereocenters. The van der Waals surface area contributed by atoms with Gasteiger partial charge in [-0.05, 0) is 79.5 Å². The van der Waals surface area contributed by atoms with Gasteiger partial charge >= 0.3 is 0 Å². The fourth-order valence-electron chi connectivity index (χ4n) is 9.01. The highest BCUT2D eigenvalue weighted by Gasteiger charge is 2.33. The summed E-state index contributed by atoms with van der Waals surface area (Å²) in [6.45, 7) is 10.3. The minimum atomic E-state index is -0.333. The second-order valence-electron chi connectivity index (χ2n) is 17.5. The summed E-state index contributed by atoms with van der Waals surface area (Å²) in [5, 5.41) is 19.9. The number of nitrogens with one attached hydrogen (secondary N) is 5.